The molecule has 0 aliphatic rings. The van der Waals surface area contributed by atoms with Crippen molar-refractivity contribution in [2.24, 2.45) is 0 Å². The Morgan fingerprint density at radius 3 is 2.71 bits per heavy atom. The smallest absolute Gasteiger partial charge is 0.271 e. The van der Waals surface area contributed by atoms with E-state index in [1.54, 1.807) is 6.20 Å². The molecule has 0 fully saturated rings. The van der Waals surface area contributed by atoms with Gasteiger partial charge in [-0.05, 0) is 24.6 Å². The predicted molar refractivity (Wildman–Crippen MR) is 82.0 cm³/mol. The molecule has 106 valence electrons. The van der Waals surface area contributed by atoms with E-state index in [0.717, 1.165) is 11.2 Å². The zero-order valence-electron chi connectivity index (χ0n) is 11.9. The molecular weight excluding hydrogens is 262 g/mol. The van der Waals surface area contributed by atoms with Gasteiger partial charge in [-0.3, -0.25) is 9.20 Å². The zero-order valence-corrected chi connectivity index (χ0v) is 11.9. The Hall–Kier alpha value is -2.62. The largest absolute Gasteiger partial charge is 0.333 e. The molecule has 1 amide bonds. The Kier molecular flexibility index (Phi) is 3.69. The summed E-state index contributed by atoms with van der Waals surface area (Å²) in [6.07, 6.45) is 3.53. The molecule has 0 bridgehead atoms. The summed E-state index contributed by atoms with van der Waals surface area (Å²) in [5.41, 5.74) is 2.56. The number of amides is 1. The minimum atomic E-state index is 0.0185. The van der Waals surface area contributed by atoms with Gasteiger partial charge in [-0.2, -0.15) is 0 Å². The van der Waals surface area contributed by atoms with Crippen molar-refractivity contribution in [3.8, 4) is 0 Å². The highest BCUT2D eigenvalue weighted by Crippen LogP contribution is 2.12. The molecule has 0 atom stereocenters. The molecule has 0 N–H and O–H groups in total. The van der Waals surface area contributed by atoms with Crippen LogP contribution in [0.15, 0.2) is 60.9 Å². The number of hydrogen-bond donors (Lipinski definition) is 0. The fraction of sp³-hybridized carbons (Fsp3) is 0.176. The van der Waals surface area contributed by atoms with Crippen LogP contribution in [0.25, 0.3) is 5.65 Å². The second kappa shape index (κ2) is 5.79. The van der Waals surface area contributed by atoms with Crippen LogP contribution < -0.4 is 0 Å². The molecule has 0 saturated carbocycles. The molecule has 1 aromatic carbocycles. The van der Waals surface area contributed by atoms with E-state index in [1.165, 1.54) is 0 Å². The highest BCUT2D eigenvalue weighted by Gasteiger charge is 2.17. The average Bonchev–Trinajstić information content (AvgIpc) is 3.01. The van der Waals surface area contributed by atoms with Gasteiger partial charge in [0.2, 0.25) is 0 Å². The third-order valence-electron chi connectivity index (χ3n) is 3.53. The third kappa shape index (κ3) is 2.65. The van der Waals surface area contributed by atoms with E-state index in [9.17, 15) is 4.79 Å². The van der Waals surface area contributed by atoms with Gasteiger partial charge in [-0.25, -0.2) is 4.98 Å². The number of fused-ring (bicyclic) bond motifs is 1. The summed E-state index contributed by atoms with van der Waals surface area (Å²) >= 11 is 0. The lowest BCUT2D eigenvalue weighted by Crippen LogP contribution is -2.31. The van der Waals surface area contributed by atoms with Crippen LogP contribution in [0.2, 0.25) is 0 Å². The van der Waals surface area contributed by atoms with Crippen molar-refractivity contribution < 1.29 is 4.79 Å². The van der Waals surface area contributed by atoms with Crippen molar-refractivity contribution in [3.63, 3.8) is 0 Å². The molecular formula is C17H17N3O. The number of benzene rings is 1. The lowest BCUT2D eigenvalue weighted by Gasteiger charge is -2.21. The quantitative estimate of drug-likeness (QED) is 0.736. The predicted octanol–water partition coefficient (Wildman–Crippen LogP) is 3.00. The number of pyridine rings is 1. The number of carbonyl (C=O) groups excluding carboxylic acids is 1. The molecule has 4 heteroatoms. The van der Waals surface area contributed by atoms with E-state index in [1.807, 2.05) is 71.0 Å². The van der Waals surface area contributed by atoms with E-state index in [-0.39, 0.29) is 5.91 Å². The first-order chi connectivity index (χ1) is 10.3. The minimum Gasteiger partial charge on any atom is -0.333 e. The van der Waals surface area contributed by atoms with Gasteiger partial charge in [-0.1, -0.05) is 36.4 Å². The maximum Gasteiger partial charge on any atom is 0.271 e. The topological polar surface area (TPSA) is 37.6 Å². The van der Waals surface area contributed by atoms with Crippen LogP contribution in [0, 0.1) is 0 Å². The summed E-state index contributed by atoms with van der Waals surface area (Å²) in [4.78, 5) is 18.8. The summed E-state index contributed by atoms with van der Waals surface area (Å²) in [6.45, 7) is 3.27. The van der Waals surface area contributed by atoms with Crippen LogP contribution in [0.3, 0.4) is 0 Å². The van der Waals surface area contributed by atoms with E-state index in [4.69, 9.17) is 0 Å². The van der Waals surface area contributed by atoms with Crippen molar-refractivity contribution in [3.05, 3.63) is 72.2 Å². The fourth-order valence-corrected chi connectivity index (χ4v) is 2.41. The summed E-state index contributed by atoms with van der Waals surface area (Å²) in [6, 6.07) is 15.6. The second-order valence-corrected chi connectivity index (χ2v) is 4.87. The highest BCUT2D eigenvalue weighted by molar-refractivity contribution is 5.93. The maximum absolute atomic E-state index is 12.8. The molecule has 4 nitrogen and oxygen atoms in total. The molecule has 2 heterocycles. The zero-order chi connectivity index (χ0) is 14.7. The number of carbonyl (C=O) groups is 1. The molecule has 0 unspecified atom stereocenters. The summed E-state index contributed by atoms with van der Waals surface area (Å²) in [5, 5.41) is 0. The SMILES string of the molecule is CCN(Cc1ccccc1)C(=O)c1cccc2nccn12. The Morgan fingerprint density at radius 2 is 1.95 bits per heavy atom. The maximum atomic E-state index is 12.8. The van der Waals surface area contributed by atoms with Gasteiger partial charge in [0.05, 0.1) is 0 Å². The van der Waals surface area contributed by atoms with Crippen molar-refractivity contribution in [2.75, 3.05) is 6.54 Å². The summed E-state index contributed by atoms with van der Waals surface area (Å²) in [5.74, 6) is 0.0185. The molecule has 0 aliphatic carbocycles. The van der Waals surface area contributed by atoms with E-state index in [0.29, 0.717) is 18.8 Å². The van der Waals surface area contributed by atoms with Gasteiger partial charge in [0, 0.05) is 25.5 Å². The number of rotatable bonds is 4. The Balaban J connectivity index is 1.90. The first-order valence-electron chi connectivity index (χ1n) is 7.05. The van der Waals surface area contributed by atoms with Crippen LogP contribution in [-0.2, 0) is 6.54 Å². The van der Waals surface area contributed by atoms with Crippen LogP contribution in [0.5, 0.6) is 0 Å². The van der Waals surface area contributed by atoms with Crippen molar-refractivity contribution in [1.29, 1.82) is 0 Å². The monoisotopic (exact) mass is 279 g/mol. The Bertz CT molecular complexity index is 749. The third-order valence-corrected chi connectivity index (χ3v) is 3.53. The van der Waals surface area contributed by atoms with Gasteiger partial charge < -0.3 is 4.90 Å². The summed E-state index contributed by atoms with van der Waals surface area (Å²) in [7, 11) is 0. The normalized spacial score (nSPS) is 10.7. The molecule has 0 radical (unpaired) electrons. The second-order valence-electron chi connectivity index (χ2n) is 4.87. The Morgan fingerprint density at radius 1 is 1.14 bits per heavy atom. The van der Waals surface area contributed by atoms with Crippen molar-refractivity contribution >= 4 is 11.6 Å². The van der Waals surface area contributed by atoms with E-state index >= 15 is 0 Å². The average molecular weight is 279 g/mol. The first kappa shape index (κ1) is 13.4. The van der Waals surface area contributed by atoms with Crippen molar-refractivity contribution in [1.82, 2.24) is 14.3 Å². The number of hydrogen-bond acceptors (Lipinski definition) is 2. The van der Waals surface area contributed by atoms with Crippen LogP contribution in [-0.4, -0.2) is 26.7 Å². The first-order valence-corrected chi connectivity index (χ1v) is 7.05. The molecule has 21 heavy (non-hydrogen) atoms. The van der Waals surface area contributed by atoms with Gasteiger partial charge in [0.25, 0.3) is 5.91 Å². The van der Waals surface area contributed by atoms with Gasteiger partial charge >= 0.3 is 0 Å². The molecule has 0 spiro atoms. The van der Waals surface area contributed by atoms with E-state index in [2.05, 4.69) is 4.98 Å². The molecule has 3 rings (SSSR count). The molecule has 3 aromatic rings. The van der Waals surface area contributed by atoms with Crippen molar-refractivity contribution in [2.45, 2.75) is 13.5 Å². The Labute approximate surface area is 123 Å². The van der Waals surface area contributed by atoms with Gasteiger partial charge in [0.15, 0.2) is 0 Å². The van der Waals surface area contributed by atoms with Crippen LogP contribution in [0.1, 0.15) is 23.0 Å². The van der Waals surface area contributed by atoms with Crippen LogP contribution >= 0.6 is 0 Å². The molecule has 0 saturated heterocycles. The number of nitrogens with zero attached hydrogens (tertiary/aromatic N) is 3. The number of aromatic nitrogens is 2. The number of imidazole rings is 1. The minimum absolute atomic E-state index is 0.0185. The lowest BCUT2D eigenvalue weighted by molar-refractivity contribution is 0.0745. The van der Waals surface area contributed by atoms with E-state index < -0.39 is 0 Å². The summed E-state index contributed by atoms with van der Waals surface area (Å²) < 4.78 is 1.83. The van der Waals surface area contributed by atoms with Gasteiger partial charge in [0.1, 0.15) is 11.3 Å². The lowest BCUT2D eigenvalue weighted by atomic mass is 10.2. The fourth-order valence-electron chi connectivity index (χ4n) is 2.41. The molecule has 0 aliphatic heterocycles. The highest BCUT2D eigenvalue weighted by atomic mass is 16.2. The molecule has 2 aromatic heterocycles. The standard InChI is InChI=1S/C17H17N3O/c1-2-19(13-14-7-4-3-5-8-14)17(21)15-9-6-10-16-18-11-12-20(15)16/h3-12H,2,13H2,1H3. The van der Waals surface area contributed by atoms with Gasteiger partial charge in [-0.15, -0.1) is 0 Å². The van der Waals surface area contributed by atoms with Crippen LogP contribution in [0.4, 0.5) is 0 Å².